The molecule has 0 saturated carbocycles. The molecule has 1 fully saturated rings. The number of aryl methyl sites for hydroxylation is 1. The summed E-state index contributed by atoms with van der Waals surface area (Å²) in [4.78, 5) is 14.2. The zero-order valence-electron chi connectivity index (χ0n) is 10.6. The van der Waals surface area contributed by atoms with Gasteiger partial charge in [0.25, 0.3) is 5.91 Å². The average Bonchev–Trinajstić information content (AvgIpc) is 2.94. The summed E-state index contributed by atoms with van der Waals surface area (Å²) in [6.45, 7) is 3.17. The van der Waals surface area contributed by atoms with Gasteiger partial charge in [-0.2, -0.15) is 0 Å². The quantitative estimate of drug-likeness (QED) is 0.872. The Kier molecular flexibility index (Phi) is 2.99. The summed E-state index contributed by atoms with van der Waals surface area (Å²) in [5, 5.41) is 1.53. The van der Waals surface area contributed by atoms with Gasteiger partial charge in [0.2, 0.25) is 0 Å². The molecule has 0 aliphatic carbocycles. The third kappa shape index (κ3) is 2.11. The van der Waals surface area contributed by atoms with Crippen LogP contribution in [0.15, 0.2) is 22.6 Å². The van der Waals surface area contributed by atoms with E-state index in [1.807, 2.05) is 13.0 Å². The molecular weight excluding hydrogens is 264 g/mol. The van der Waals surface area contributed by atoms with E-state index in [2.05, 4.69) is 0 Å². The van der Waals surface area contributed by atoms with Gasteiger partial charge in [0.15, 0.2) is 5.76 Å². The van der Waals surface area contributed by atoms with Crippen LogP contribution in [0.4, 0.5) is 0 Å². The molecule has 5 heteroatoms. The van der Waals surface area contributed by atoms with Crippen molar-refractivity contribution in [3.8, 4) is 0 Å². The molecule has 19 heavy (non-hydrogen) atoms. The Hall–Kier alpha value is -1.52. The maximum absolute atomic E-state index is 12.4. The zero-order valence-corrected chi connectivity index (χ0v) is 11.4. The molecule has 1 saturated heterocycles. The van der Waals surface area contributed by atoms with Gasteiger partial charge in [-0.05, 0) is 31.5 Å². The predicted molar refractivity (Wildman–Crippen MR) is 74.5 cm³/mol. The normalized spacial score (nSPS) is 19.3. The molecule has 0 spiro atoms. The molecule has 0 radical (unpaired) electrons. The van der Waals surface area contributed by atoms with Crippen LogP contribution < -0.4 is 5.73 Å². The summed E-state index contributed by atoms with van der Waals surface area (Å²) in [5.74, 6) is 0.309. The highest BCUT2D eigenvalue weighted by Gasteiger charge is 2.28. The van der Waals surface area contributed by atoms with Crippen molar-refractivity contribution in [1.29, 1.82) is 0 Å². The molecule has 2 aromatic rings. The number of benzene rings is 1. The van der Waals surface area contributed by atoms with Crippen molar-refractivity contribution in [3.05, 3.63) is 34.5 Å². The highest BCUT2D eigenvalue weighted by atomic mass is 35.5. The number of amides is 1. The summed E-state index contributed by atoms with van der Waals surface area (Å²) in [6.07, 6.45) is 0.844. The van der Waals surface area contributed by atoms with Crippen LogP contribution in [0, 0.1) is 6.92 Å². The molecule has 0 bridgehead atoms. The van der Waals surface area contributed by atoms with Crippen LogP contribution in [0.3, 0.4) is 0 Å². The molecule has 1 atom stereocenters. The number of furan rings is 1. The van der Waals surface area contributed by atoms with E-state index in [4.69, 9.17) is 21.8 Å². The summed E-state index contributed by atoms with van der Waals surface area (Å²) in [7, 11) is 0. The maximum atomic E-state index is 12.4. The Balaban J connectivity index is 2.01. The third-order valence-electron chi connectivity index (χ3n) is 3.60. The van der Waals surface area contributed by atoms with E-state index < -0.39 is 0 Å². The highest BCUT2D eigenvalue weighted by Crippen LogP contribution is 2.29. The summed E-state index contributed by atoms with van der Waals surface area (Å²) < 4.78 is 5.67. The predicted octanol–water partition coefficient (Wildman–Crippen LogP) is 2.57. The van der Waals surface area contributed by atoms with Gasteiger partial charge >= 0.3 is 0 Å². The summed E-state index contributed by atoms with van der Waals surface area (Å²) >= 11 is 5.97. The largest absolute Gasteiger partial charge is 0.451 e. The molecule has 1 aromatic carbocycles. The number of nitrogens with two attached hydrogens (primary N) is 1. The minimum Gasteiger partial charge on any atom is -0.451 e. The molecule has 1 amide bonds. The number of carbonyl (C=O) groups is 1. The van der Waals surface area contributed by atoms with Crippen LogP contribution in [0.5, 0.6) is 0 Å². The van der Waals surface area contributed by atoms with E-state index in [0.29, 0.717) is 29.5 Å². The first-order valence-electron chi connectivity index (χ1n) is 6.30. The summed E-state index contributed by atoms with van der Waals surface area (Å²) in [5.41, 5.74) is 7.36. The third-order valence-corrected chi connectivity index (χ3v) is 3.84. The topological polar surface area (TPSA) is 59.5 Å². The minimum absolute atomic E-state index is 0.0723. The van der Waals surface area contributed by atoms with Gasteiger partial charge in [-0.3, -0.25) is 4.79 Å². The number of rotatable bonds is 1. The van der Waals surface area contributed by atoms with Crippen LogP contribution in [-0.4, -0.2) is 29.9 Å². The van der Waals surface area contributed by atoms with Crippen LogP contribution in [0.1, 0.15) is 22.5 Å². The van der Waals surface area contributed by atoms with E-state index in [9.17, 15) is 4.79 Å². The number of halogens is 1. The molecule has 1 aromatic heterocycles. The monoisotopic (exact) mass is 278 g/mol. The summed E-state index contributed by atoms with van der Waals surface area (Å²) in [6, 6.07) is 5.44. The van der Waals surface area contributed by atoms with Crippen molar-refractivity contribution >= 4 is 28.5 Å². The van der Waals surface area contributed by atoms with E-state index >= 15 is 0 Å². The van der Waals surface area contributed by atoms with Gasteiger partial charge in [-0.25, -0.2) is 0 Å². The fourth-order valence-electron chi connectivity index (χ4n) is 2.51. The van der Waals surface area contributed by atoms with Crippen molar-refractivity contribution in [1.82, 2.24) is 4.90 Å². The first-order valence-corrected chi connectivity index (χ1v) is 6.67. The van der Waals surface area contributed by atoms with Crippen molar-refractivity contribution in [3.63, 3.8) is 0 Å². The van der Waals surface area contributed by atoms with E-state index in [1.54, 1.807) is 17.0 Å². The first kappa shape index (κ1) is 12.5. The van der Waals surface area contributed by atoms with Crippen LogP contribution in [0.2, 0.25) is 5.02 Å². The molecular formula is C14H15ClN2O2. The number of fused-ring (bicyclic) bond motifs is 1. The Morgan fingerprint density at radius 2 is 2.32 bits per heavy atom. The molecule has 2 heterocycles. The van der Waals surface area contributed by atoms with Gasteiger partial charge in [0, 0.05) is 35.1 Å². The van der Waals surface area contributed by atoms with Gasteiger partial charge in [0.1, 0.15) is 5.58 Å². The average molecular weight is 279 g/mol. The maximum Gasteiger partial charge on any atom is 0.289 e. The number of hydrogen-bond donors (Lipinski definition) is 1. The van der Waals surface area contributed by atoms with E-state index in [0.717, 1.165) is 17.4 Å². The first-order chi connectivity index (χ1) is 9.06. The molecule has 0 unspecified atom stereocenters. The standard InChI is InChI=1S/C14H15ClN2O2/c1-8-11-6-9(15)2-3-12(11)19-13(8)14(18)17-5-4-10(16)7-17/h2-3,6,10H,4-5,7,16H2,1H3/t10-/m1/s1. The highest BCUT2D eigenvalue weighted by molar-refractivity contribution is 6.31. The van der Waals surface area contributed by atoms with Gasteiger partial charge in [-0.15, -0.1) is 0 Å². The Morgan fingerprint density at radius 3 is 3.00 bits per heavy atom. The van der Waals surface area contributed by atoms with Gasteiger partial charge in [0.05, 0.1) is 0 Å². The molecule has 3 rings (SSSR count). The molecule has 2 N–H and O–H groups in total. The molecule has 100 valence electrons. The smallest absolute Gasteiger partial charge is 0.289 e. The van der Waals surface area contributed by atoms with Crippen molar-refractivity contribution in [2.24, 2.45) is 5.73 Å². The fraction of sp³-hybridized carbons (Fsp3) is 0.357. The Labute approximate surface area is 116 Å². The van der Waals surface area contributed by atoms with Crippen LogP contribution >= 0.6 is 11.6 Å². The lowest BCUT2D eigenvalue weighted by Gasteiger charge is -2.14. The molecule has 1 aliphatic heterocycles. The second-order valence-electron chi connectivity index (χ2n) is 5.00. The fourth-order valence-corrected chi connectivity index (χ4v) is 2.68. The van der Waals surface area contributed by atoms with E-state index in [-0.39, 0.29) is 11.9 Å². The second-order valence-corrected chi connectivity index (χ2v) is 5.43. The lowest BCUT2D eigenvalue weighted by atomic mass is 10.1. The number of hydrogen-bond acceptors (Lipinski definition) is 3. The van der Waals surface area contributed by atoms with Gasteiger partial charge < -0.3 is 15.1 Å². The lowest BCUT2D eigenvalue weighted by molar-refractivity contribution is 0.0760. The Morgan fingerprint density at radius 1 is 1.53 bits per heavy atom. The van der Waals surface area contributed by atoms with Crippen LogP contribution in [-0.2, 0) is 0 Å². The van der Waals surface area contributed by atoms with E-state index in [1.165, 1.54) is 0 Å². The Bertz CT molecular complexity index is 650. The van der Waals surface area contributed by atoms with Crippen molar-refractivity contribution in [2.45, 2.75) is 19.4 Å². The molecule has 4 nitrogen and oxygen atoms in total. The minimum atomic E-state index is -0.0854. The SMILES string of the molecule is Cc1c(C(=O)N2CC[C@@H](N)C2)oc2ccc(Cl)cc12. The lowest BCUT2D eigenvalue weighted by Crippen LogP contribution is -2.31. The van der Waals surface area contributed by atoms with Gasteiger partial charge in [-0.1, -0.05) is 11.6 Å². The number of carbonyl (C=O) groups excluding carboxylic acids is 1. The van der Waals surface area contributed by atoms with Crippen molar-refractivity contribution in [2.75, 3.05) is 13.1 Å². The van der Waals surface area contributed by atoms with Crippen molar-refractivity contribution < 1.29 is 9.21 Å². The second kappa shape index (κ2) is 4.54. The zero-order chi connectivity index (χ0) is 13.6. The molecule has 1 aliphatic rings. The number of nitrogens with zero attached hydrogens (tertiary/aromatic N) is 1. The number of likely N-dealkylation sites (tertiary alicyclic amines) is 1. The van der Waals surface area contributed by atoms with Crippen LogP contribution in [0.25, 0.3) is 11.0 Å².